The molecule has 0 spiro atoms. The van der Waals surface area contributed by atoms with Crippen molar-refractivity contribution in [3.63, 3.8) is 0 Å². The maximum Gasteiger partial charge on any atom is 0.291 e. The van der Waals surface area contributed by atoms with E-state index in [-0.39, 0.29) is 17.2 Å². The number of hydrogen-bond acceptors (Lipinski definition) is 6. The molecule has 0 bridgehead atoms. The summed E-state index contributed by atoms with van der Waals surface area (Å²) >= 11 is 0. The van der Waals surface area contributed by atoms with E-state index in [4.69, 9.17) is 13.9 Å². The van der Waals surface area contributed by atoms with Gasteiger partial charge in [-0.15, -0.1) is 0 Å². The van der Waals surface area contributed by atoms with Crippen LogP contribution in [0.2, 0.25) is 0 Å². The number of benzene rings is 2. The molecule has 0 atom stereocenters. The van der Waals surface area contributed by atoms with E-state index in [9.17, 15) is 14.4 Å². The van der Waals surface area contributed by atoms with Crippen LogP contribution < -0.4 is 20.1 Å². The number of hydrogen-bond donors (Lipinski definition) is 2. The standard InChI is InChI=1S/C24H22N2O6/c1-15(27)17-7-9-18(10-8-17)25-23(28)19(26-24(29)21-5-4-12-32-21)13-16-6-11-20(30-2)22(14-16)31-3/h4-14H,1-3H3,(H,25,28)(H,26,29). The largest absolute Gasteiger partial charge is 0.493 e. The number of nitrogens with one attached hydrogen (secondary N) is 2. The predicted octanol–water partition coefficient (Wildman–Crippen LogP) is 3.91. The van der Waals surface area contributed by atoms with Crippen LogP contribution in [0.15, 0.2) is 71.0 Å². The van der Waals surface area contributed by atoms with Gasteiger partial charge in [0.25, 0.3) is 11.8 Å². The number of carbonyl (C=O) groups is 3. The lowest BCUT2D eigenvalue weighted by Gasteiger charge is -2.12. The van der Waals surface area contributed by atoms with E-state index >= 15 is 0 Å². The second-order valence-electron chi connectivity index (χ2n) is 6.69. The molecule has 164 valence electrons. The van der Waals surface area contributed by atoms with E-state index in [1.807, 2.05) is 0 Å². The van der Waals surface area contributed by atoms with E-state index in [2.05, 4.69) is 10.6 Å². The van der Waals surface area contributed by atoms with E-state index in [1.165, 1.54) is 39.5 Å². The normalized spacial score (nSPS) is 10.9. The first-order valence-corrected chi connectivity index (χ1v) is 9.62. The summed E-state index contributed by atoms with van der Waals surface area (Å²) in [4.78, 5) is 36.9. The molecule has 32 heavy (non-hydrogen) atoms. The number of Topliss-reactive ketones (excluding diaryl/α,β-unsaturated/α-hetero) is 1. The Morgan fingerprint density at radius 3 is 2.25 bits per heavy atom. The van der Waals surface area contributed by atoms with Gasteiger partial charge in [-0.05, 0) is 67.1 Å². The first-order valence-electron chi connectivity index (χ1n) is 9.62. The van der Waals surface area contributed by atoms with Crippen molar-refractivity contribution in [2.45, 2.75) is 6.92 Å². The molecule has 1 aromatic heterocycles. The van der Waals surface area contributed by atoms with E-state index in [1.54, 1.807) is 48.5 Å². The number of methoxy groups -OCH3 is 2. The van der Waals surface area contributed by atoms with Gasteiger partial charge in [-0.3, -0.25) is 14.4 Å². The molecule has 0 saturated heterocycles. The average molecular weight is 434 g/mol. The maximum absolute atomic E-state index is 13.0. The van der Waals surface area contributed by atoms with Crippen molar-refractivity contribution in [2.24, 2.45) is 0 Å². The Morgan fingerprint density at radius 2 is 1.66 bits per heavy atom. The molecule has 0 aliphatic heterocycles. The Bertz CT molecular complexity index is 1150. The van der Waals surface area contributed by atoms with Crippen molar-refractivity contribution in [1.29, 1.82) is 0 Å². The fourth-order valence-electron chi connectivity index (χ4n) is 2.85. The molecule has 1 heterocycles. The minimum absolute atomic E-state index is 0.0192. The van der Waals surface area contributed by atoms with E-state index in [0.717, 1.165) is 0 Å². The molecular weight excluding hydrogens is 412 g/mol. The molecule has 0 aliphatic rings. The molecule has 0 radical (unpaired) electrons. The van der Waals surface area contributed by atoms with E-state index < -0.39 is 11.8 Å². The molecule has 2 N–H and O–H groups in total. The third-order valence-electron chi connectivity index (χ3n) is 4.51. The van der Waals surface area contributed by atoms with Gasteiger partial charge >= 0.3 is 0 Å². The minimum Gasteiger partial charge on any atom is -0.493 e. The molecule has 8 nitrogen and oxygen atoms in total. The molecule has 3 rings (SSSR count). The second-order valence-corrected chi connectivity index (χ2v) is 6.69. The van der Waals surface area contributed by atoms with Gasteiger partial charge in [-0.25, -0.2) is 0 Å². The van der Waals surface area contributed by atoms with Gasteiger partial charge in [0.05, 0.1) is 20.5 Å². The second kappa shape index (κ2) is 10.1. The van der Waals surface area contributed by atoms with Gasteiger partial charge in [0, 0.05) is 11.3 Å². The summed E-state index contributed by atoms with van der Waals surface area (Å²) in [7, 11) is 3.02. The highest BCUT2D eigenvalue weighted by Crippen LogP contribution is 2.28. The molecule has 8 heteroatoms. The third-order valence-corrected chi connectivity index (χ3v) is 4.51. The van der Waals surface area contributed by atoms with Crippen molar-refractivity contribution >= 4 is 29.4 Å². The number of anilines is 1. The Hall–Kier alpha value is -4.33. The Balaban J connectivity index is 1.90. The molecule has 2 amide bonds. The lowest BCUT2D eigenvalue weighted by molar-refractivity contribution is -0.113. The summed E-state index contributed by atoms with van der Waals surface area (Å²) in [6.45, 7) is 1.46. The smallest absolute Gasteiger partial charge is 0.291 e. The van der Waals surface area contributed by atoms with Gasteiger partial charge in [-0.2, -0.15) is 0 Å². The lowest BCUT2D eigenvalue weighted by atomic mass is 10.1. The predicted molar refractivity (Wildman–Crippen MR) is 119 cm³/mol. The third kappa shape index (κ3) is 5.42. The van der Waals surface area contributed by atoms with Crippen LogP contribution in [0.3, 0.4) is 0 Å². The van der Waals surface area contributed by atoms with Crippen LogP contribution in [0.25, 0.3) is 6.08 Å². The molecule has 3 aromatic rings. The van der Waals surface area contributed by atoms with Crippen LogP contribution in [0, 0.1) is 0 Å². The highest BCUT2D eigenvalue weighted by molar-refractivity contribution is 6.10. The zero-order valence-corrected chi connectivity index (χ0v) is 17.8. The zero-order valence-electron chi connectivity index (χ0n) is 17.8. The number of rotatable bonds is 8. The van der Waals surface area contributed by atoms with Gasteiger partial charge in [0.2, 0.25) is 0 Å². The number of ether oxygens (including phenoxy) is 2. The monoisotopic (exact) mass is 434 g/mol. The summed E-state index contributed by atoms with van der Waals surface area (Å²) < 4.78 is 15.6. The molecule has 0 saturated carbocycles. The Kier molecular flexibility index (Phi) is 7.07. The Morgan fingerprint density at radius 1 is 0.938 bits per heavy atom. The highest BCUT2D eigenvalue weighted by atomic mass is 16.5. The Labute approximate surface area is 184 Å². The highest BCUT2D eigenvalue weighted by Gasteiger charge is 2.17. The topological polar surface area (TPSA) is 107 Å². The van der Waals surface area contributed by atoms with Crippen LogP contribution in [-0.4, -0.2) is 31.8 Å². The fourth-order valence-corrected chi connectivity index (χ4v) is 2.85. The van der Waals surface area contributed by atoms with Crippen molar-refractivity contribution in [2.75, 3.05) is 19.5 Å². The summed E-state index contributed by atoms with van der Waals surface area (Å²) in [6, 6.07) is 14.6. The summed E-state index contributed by atoms with van der Waals surface area (Å²) in [5, 5.41) is 5.28. The van der Waals surface area contributed by atoms with Crippen LogP contribution in [0.5, 0.6) is 11.5 Å². The van der Waals surface area contributed by atoms with Crippen LogP contribution in [0.1, 0.15) is 33.4 Å². The SMILES string of the molecule is COc1ccc(C=C(NC(=O)c2ccco2)C(=O)Nc2ccc(C(C)=O)cc2)cc1OC. The first-order chi connectivity index (χ1) is 15.4. The maximum atomic E-state index is 13.0. The van der Waals surface area contributed by atoms with Gasteiger partial charge in [-0.1, -0.05) is 6.07 Å². The summed E-state index contributed by atoms with van der Waals surface area (Å²) in [5.41, 5.74) is 1.56. The number of amides is 2. The van der Waals surface area contributed by atoms with Crippen molar-refractivity contribution < 1.29 is 28.3 Å². The van der Waals surface area contributed by atoms with Gasteiger partial charge in [0.15, 0.2) is 23.0 Å². The minimum atomic E-state index is -0.580. The van der Waals surface area contributed by atoms with Crippen molar-refractivity contribution in [3.05, 3.63) is 83.4 Å². The summed E-state index contributed by atoms with van der Waals surface area (Å²) in [6.07, 6.45) is 2.87. The quantitative estimate of drug-likeness (QED) is 0.411. The van der Waals surface area contributed by atoms with Gasteiger partial charge in [0.1, 0.15) is 5.70 Å². The van der Waals surface area contributed by atoms with Crippen LogP contribution in [-0.2, 0) is 4.79 Å². The lowest BCUT2D eigenvalue weighted by Crippen LogP contribution is -2.30. The van der Waals surface area contributed by atoms with Crippen molar-refractivity contribution in [3.8, 4) is 11.5 Å². The van der Waals surface area contributed by atoms with E-state index in [0.29, 0.717) is 28.3 Å². The van der Waals surface area contributed by atoms with Gasteiger partial charge < -0.3 is 24.5 Å². The van der Waals surface area contributed by atoms with Crippen LogP contribution in [0.4, 0.5) is 5.69 Å². The zero-order chi connectivity index (χ0) is 23.1. The molecular formula is C24H22N2O6. The first kappa shape index (κ1) is 22.4. The fraction of sp³-hybridized carbons (Fsp3) is 0.125. The molecule has 2 aromatic carbocycles. The molecule has 0 aliphatic carbocycles. The molecule has 0 unspecified atom stereocenters. The summed E-state index contributed by atoms with van der Waals surface area (Å²) in [5.74, 6) is -0.164. The molecule has 0 fully saturated rings. The average Bonchev–Trinajstić information content (AvgIpc) is 3.34. The number of carbonyl (C=O) groups excluding carboxylic acids is 3. The number of furan rings is 1. The number of ketones is 1. The van der Waals surface area contributed by atoms with Crippen LogP contribution >= 0.6 is 0 Å². The van der Waals surface area contributed by atoms with Crippen molar-refractivity contribution in [1.82, 2.24) is 5.32 Å².